The first-order chi connectivity index (χ1) is 5.29. The van der Waals surface area contributed by atoms with Crippen molar-refractivity contribution < 1.29 is 9.90 Å². The highest BCUT2D eigenvalue weighted by Gasteiger charge is 2.20. The van der Waals surface area contributed by atoms with Crippen LogP contribution in [0.2, 0.25) is 0 Å². The van der Waals surface area contributed by atoms with E-state index in [-0.39, 0.29) is 6.42 Å². The topological polar surface area (TPSA) is 40.1 Å². The van der Waals surface area contributed by atoms with E-state index in [4.69, 9.17) is 0 Å². The molecule has 0 aromatic rings. The molecule has 3 heteroatoms. The van der Waals surface area contributed by atoms with Crippen molar-refractivity contribution in [3.63, 3.8) is 0 Å². The van der Waals surface area contributed by atoms with Crippen molar-refractivity contribution in [3.8, 4) is 0 Å². The SMILES string of the molecule is O=C([O-])CC[S+]1CCCCC1. The Bertz CT molecular complexity index is 130. The van der Waals surface area contributed by atoms with Crippen molar-refractivity contribution in [2.24, 2.45) is 0 Å². The molecule has 0 bridgehead atoms. The van der Waals surface area contributed by atoms with Crippen molar-refractivity contribution >= 4 is 16.9 Å². The van der Waals surface area contributed by atoms with E-state index in [1.165, 1.54) is 30.8 Å². The number of hydrogen-bond donors (Lipinski definition) is 0. The third kappa shape index (κ3) is 3.65. The Morgan fingerprint density at radius 2 is 1.91 bits per heavy atom. The van der Waals surface area contributed by atoms with E-state index in [1.807, 2.05) is 0 Å². The summed E-state index contributed by atoms with van der Waals surface area (Å²) in [6.07, 6.45) is 4.21. The van der Waals surface area contributed by atoms with E-state index in [1.54, 1.807) is 0 Å². The summed E-state index contributed by atoms with van der Waals surface area (Å²) in [6.45, 7) is 0. The van der Waals surface area contributed by atoms with Crippen molar-refractivity contribution in [1.82, 2.24) is 0 Å². The number of hydrogen-bond acceptors (Lipinski definition) is 2. The van der Waals surface area contributed by atoms with Gasteiger partial charge in [-0.25, -0.2) is 0 Å². The summed E-state index contributed by atoms with van der Waals surface area (Å²) < 4.78 is 0. The lowest BCUT2D eigenvalue weighted by Crippen LogP contribution is -2.28. The second-order valence-corrected chi connectivity index (χ2v) is 5.36. The van der Waals surface area contributed by atoms with E-state index in [9.17, 15) is 9.90 Å². The van der Waals surface area contributed by atoms with Gasteiger partial charge in [-0.3, -0.25) is 0 Å². The van der Waals surface area contributed by atoms with Crippen LogP contribution in [0.15, 0.2) is 0 Å². The summed E-state index contributed by atoms with van der Waals surface area (Å²) in [6, 6.07) is 0. The largest absolute Gasteiger partial charge is 0.550 e. The lowest BCUT2D eigenvalue weighted by molar-refractivity contribution is -0.305. The van der Waals surface area contributed by atoms with Gasteiger partial charge in [0.2, 0.25) is 0 Å². The molecular weight excluding hydrogens is 160 g/mol. The zero-order valence-electron chi connectivity index (χ0n) is 6.67. The number of carbonyl (C=O) groups excluding carboxylic acids is 1. The normalized spacial score (nSPS) is 20.0. The monoisotopic (exact) mass is 174 g/mol. The Kier molecular flexibility index (Phi) is 3.77. The zero-order valence-corrected chi connectivity index (χ0v) is 7.49. The van der Waals surface area contributed by atoms with Gasteiger partial charge in [0.25, 0.3) is 0 Å². The molecule has 1 aliphatic heterocycles. The highest BCUT2D eigenvalue weighted by Crippen LogP contribution is 2.14. The molecule has 64 valence electrons. The Morgan fingerprint density at radius 1 is 1.27 bits per heavy atom. The summed E-state index contributed by atoms with van der Waals surface area (Å²) in [5.74, 6) is 2.49. The summed E-state index contributed by atoms with van der Waals surface area (Å²) in [7, 11) is 0.414. The van der Waals surface area contributed by atoms with Crippen molar-refractivity contribution in [1.29, 1.82) is 0 Å². The molecule has 0 radical (unpaired) electrons. The smallest absolute Gasteiger partial charge is 0.113 e. The fraction of sp³-hybridized carbons (Fsp3) is 0.875. The third-order valence-electron chi connectivity index (χ3n) is 1.96. The molecule has 0 saturated carbocycles. The maximum absolute atomic E-state index is 10.1. The molecule has 0 aliphatic carbocycles. The van der Waals surface area contributed by atoms with Gasteiger partial charge in [0, 0.05) is 12.4 Å². The number of carbonyl (C=O) groups is 1. The lowest BCUT2D eigenvalue weighted by atomic mass is 10.3. The van der Waals surface area contributed by atoms with E-state index >= 15 is 0 Å². The van der Waals surface area contributed by atoms with Crippen LogP contribution < -0.4 is 5.11 Å². The number of carboxylic acids is 1. The van der Waals surface area contributed by atoms with Crippen molar-refractivity contribution in [2.45, 2.75) is 25.7 Å². The standard InChI is InChI=1S/C8H14O2S/c9-8(10)4-7-11-5-2-1-3-6-11/h1-7H2. The van der Waals surface area contributed by atoms with E-state index in [2.05, 4.69) is 0 Å². The Morgan fingerprint density at radius 3 is 2.45 bits per heavy atom. The molecular formula is C8H14O2S. The van der Waals surface area contributed by atoms with Crippen LogP contribution in [0.4, 0.5) is 0 Å². The summed E-state index contributed by atoms with van der Waals surface area (Å²) in [5, 5.41) is 10.1. The fourth-order valence-electron chi connectivity index (χ4n) is 1.32. The van der Waals surface area contributed by atoms with Crippen molar-refractivity contribution in [3.05, 3.63) is 0 Å². The Hall–Kier alpha value is -0.180. The molecule has 0 amide bonds. The van der Waals surface area contributed by atoms with Gasteiger partial charge >= 0.3 is 0 Å². The zero-order chi connectivity index (χ0) is 8.10. The second kappa shape index (κ2) is 4.65. The highest BCUT2D eigenvalue weighted by atomic mass is 32.2. The van der Waals surface area contributed by atoms with Crippen LogP contribution in [0.5, 0.6) is 0 Å². The van der Waals surface area contributed by atoms with Crippen LogP contribution in [0.1, 0.15) is 25.7 Å². The van der Waals surface area contributed by atoms with E-state index < -0.39 is 5.97 Å². The van der Waals surface area contributed by atoms with Crippen LogP contribution in [-0.4, -0.2) is 23.2 Å². The van der Waals surface area contributed by atoms with Gasteiger partial charge in [0.1, 0.15) is 17.3 Å². The molecule has 11 heavy (non-hydrogen) atoms. The molecule has 1 heterocycles. The van der Waals surface area contributed by atoms with Gasteiger partial charge < -0.3 is 9.90 Å². The molecule has 1 saturated heterocycles. The van der Waals surface area contributed by atoms with Crippen LogP contribution in [-0.2, 0) is 15.7 Å². The van der Waals surface area contributed by atoms with Crippen LogP contribution in [0.25, 0.3) is 0 Å². The van der Waals surface area contributed by atoms with Crippen LogP contribution >= 0.6 is 0 Å². The van der Waals surface area contributed by atoms with Gasteiger partial charge in [0.05, 0.1) is 0 Å². The van der Waals surface area contributed by atoms with Gasteiger partial charge in [-0.15, -0.1) is 0 Å². The number of rotatable bonds is 3. The van der Waals surface area contributed by atoms with E-state index in [0.717, 1.165) is 5.75 Å². The summed E-state index contributed by atoms with van der Waals surface area (Å²) in [4.78, 5) is 10.1. The van der Waals surface area contributed by atoms with Gasteiger partial charge in [-0.05, 0) is 30.2 Å². The minimum Gasteiger partial charge on any atom is -0.550 e. The molecule has 0 aromatic carbocycles. The Labute approximate surface area is 70.3 Å². The first-order valence-corrected chi connectivity index (χ1v) is 5.86. The maximum atomic E-state index is 10.1. The molecule has 0 aromatic heterocycles. The minimum absolute atomic E-state index is 0.267. The molecule has 2 nitrogen and oxygen atoms in total. The maximum Gasteiger partial charge on any atom is 0.113 e. The minimum atomic E-state index is -0.886. The van der Waals surface area contributed by atoms with Gasteiger partial charge in [-0.1, -0.05) is 0 Å². The molecule has 0 unspecified atom stereocenters. The molecule has 0 spiro atoms. The van der Waals surface area contributed by atoms with Gasteiger partial charge in [-0.2, -0.15) is 0 Å². The average molecular weight is 174 g/mol. The van der Waals surface area contributed by atoms with Crippen molar-refractivity contribution in [2.75, 3.05) is 17.3 Å². The lowest BCUT2D eigenvalue weighted by Gasteiger charge is -2.13. The van der Waals surface area contributed by atoms with Crippen LogP contribution in [0, 0.1) is 0 Å². The molecule has 0 atom stereocenters. The molecule has 1 rings (SSSR count). The Balaban J connectivity index is 2.09. The molecule has 1 aliphatic rings. The predicted molar refractivity (Wildman–Crippen MR) is 45.4 cm³/mol. The summed E-state index contributed by atoms with van der Waals surface area (Å²) >= 11 is 0. The highest BCUT2D eigenvalue weighted by molar-refractivity contribution is 7.96. The van der Waals surface area contributed by atoms with Crippen LogP contribution in [0.3, 0.4) is 0 Å². The second-order valence-electron chi connectivity index (χ2n) is 2.91. The van der Waals surface area contributed by atoms with Gasteiger partial charge in [0.15, 0.2) is 0 Å². The molecule has 0 N–H and O–H groups in total. The first-order valence-electron chi connectivity index (χ1n) is 4.13. The predicted octanol–water partition coefficient (Wildman–Crippen LogP) is -0.0714. The average Bonchev–Trinajstić information content (AvgIpc) is 2.03. The molecule has 1 fully saturated rings. The van der Waals surface area contributed by atoms with E-state index in [0.29, 0.717) is 10.9 Å². The fourth-order valence-corrected chi connectivity index (χ4v) is 3.62. The quantitative estimate of drug-likeness (QED) is 0.562. The number of carboxylic acid groups (broad SMARTS) is 1. The third-order valence-corrected chi connectivity index (χ3v) is 4.47. The number of aliphatic carboxylic acids is 1. The first kappa shape index (κ1) is 8.91. The summed E-state index contributed by atoms with van der Waals surface area (Å²) in [5.41, 5.74) is 0.